The average molecular weight is 216 g/mol. The van der Waals surface area contributed by atoms with Crippen LogP contribution in [0.1, 0.15) is 25.8 Å². The van der Waals surface area contributed by atoms with E-state index in [0.29, 0.717) is 13.0 Å². The second-order valence-corrected chi connectivity index (χ2v) is 4.73. The Morgan fingerprint density at radius 1 is 1.25 bits per heavy atom. The molecule has 0 aliphatic carbocycles. The van der Waals surface area contributed by atoms with E-state index in [1.807, 2.05) is 50.3 Å². The minimum Gasteiger partial charge on any atom is -0.370 e. The van der Waals surface area contributed by atoms with Crippen molar-refractivity contribution in [2.45, 2.75) is 25.9 Å². The van der Waals surface area contributed by atoms with Crippen molar-refractivity contribution >= 4 is 11.9 Å². The fourth-order valence-corrected chi connectivity index (χ4v) is 1.78. The summed E-state index contributed by atoms with van der Waals surface area (Å²) < 4.78 is 5.63. The van der Waals surface area contributed by atoms with Crippen LogP contribution < -0.4 is 0 Å². The second kappa shape index (κ2) is 4.22. The third-order valence-electron chi connectivity index (χ3n) is 2.70. The van der Waals surface area contributed by atoms with Crippen LogP contribution in [0.2, 0.25) is 0 Å². The lowest BCUT2D eigenvalue weighted by Gasteiger charge is -2.30. The normalized spacial score (nSPS) is 22.4. The lowest BCUT2D eigenvalue weighted by molar-refractivity contribution is -0.127. The number of Topliss-reactive ketones (excluding diaryl/α,β-unsaturated/α-hetero) is 1. The maximum Gasteiger partial charge on any atom is 0.164 e. The summed E-state index contributed by atoms with van der Waals surface area (Å²) in [7, 11) is 0. The Balaban J connectivity index is 2.18. The quantitative estimate of drug-likeness (QED) is 0.675. The molecule has 0 atom stereocenters. The van der Waals surface area contributed by atoms with E-state index in [2.05, 4.69) is 0 Å². The fraction of sp³-hybridized carbons (Fsp3) is 0.357. The van der Waals surface area contributed by atoms with Crippen LogP contribution in [0.5, 0.6) is 0 Å². The van der Waals surface area contributed by atoms with Crippen LogP contribution in [-0.2, 0) is 9.53 Å². The smallest absolute Gasteiger partial charge is 0.164 e. The zero-order chi connectivity index (χ0) is 11.6. The van der Waals surface area contributed by atoms with E-state index in [0.717, 1.165) is 11.1 Å². The summed E-state index contributed by atoms with van der Waals surface area (Å²) in [6.45, 7) is 4.31. The number of carbonyl (C=O) groups is 1. The van der Waals surface area contributed by atoms with E-state index in [9.17, 15) is 4.79 Å². The molecule has 0 unspecified atom stereocenters. The molecular weight excluding hydrogens is 200 g/mol. The summed E-state index contributed by atoms with van der Waals surface area (Å²) in [6.07, 6.45) is 2.38. The predicted molar refractivity (Wildman–Crippen MR) is 64.1 cm³/mol. The summed E-state index contributed by atoms with van der Waals surface area (Å²) >= 11 is 0. The first-order valence-electron chi connectivity index (χ1n) is 5.50. The average Bonchev–Trinajstić information content (AvgIpc) is 2.23. The Bertz CT molecular complexity index is 416. The van der Waals surface area contributed by atoms with E-state index >= 15 is 0 Å². The Morgan fingerprint density at radius 2 is 1.94 bits per heavy atom. The molecule has 0 N–H and O–H groups in total. The van der Waals surface area contributed by atoms with Gasteiger partial charge in [-0.2, -0.15) is 0 Å². The summed E-state index contributed by atoms with van der Waals surface area (Å²) in [5, 5.41) is 0. The molecule has 0 aromatic heterocycles. The monoisotopic (exact) mass is 216 g/mol. The molecule has 2 nitrogen and oxygen atoms in total. The summed E-state index contributed by atoms with van der Waals surface area (Å²) in [5.41, 5.74) is 1.50. The summed E-state index contributed by atoms with van der Waals surface area (Å²) in [6, 6.07) is 9.86. The highest BCUT2D eigenvalue weighted by molar-refractivity contribution is 6.00. The van der Waals surface area contributed by atoms with Gasteiger partial charge in [0.05, 0.1) is 12.2 Å². The van der Waals surface area contributed by atoms with E-state index in [1.54, 1.807) is 0 Å². The van der Waals surface area contributed by atoms with Gasteiger partial charge in [0.15, 0.2) is 5.78 Å². The Kier molecular flexibility index (Phi) is 2.92. The third-order valence-corrected chi connectivity index (χ3v) is 2.70. The van der Waals surface area contributed by atoms with Crippen LogP contribution in [0.25, 0.3) is 6.08 Å². The first-order chi connectivity index (χ1) is 7.57. The zero-order valence-electron chi connectivity index (χ0n) is 9.69. The van der Waals surface area contributed by atoms with Crippen LogP contribution in [0.4, 0.5) is 0 Å². The number of hydrogen-bond donors (Lipinski definition) is 0. The van der Waals surface area contributed by atoms with Crippen molar-refractivity contribution in [2.75, 3.05) is 6.61 Å². The van der Waals surface area contributed by atoms with Gasteiger partial charge in [-0.1, -0.05) is 30.3 Å². The van der Waals surface area contributed by atoms with Gasteiger partial charge in [-0.3, -0.25) is 4.79 Å². The minimum atomic E-state index is -0.314. The molecule has 1 fully saturated rings. The van der Waals surface area contributed by atoms with Gasteiger partial charge in [0.25, 0.3) is 0 Å². The molecule has 0 saturated carbocycles. The first kappa shape index (κ1) is 11.1. The molecule has 16 heavy (non-hydrogen) atoms. The van der Waals surface area contributed by atoms with Crippen molar-refractivity contribution in [1.29, 1.82) is 0 Å². The Hall–Kier alpha value is -1.41. The molecule has 1 aromatic rings. The highest BCUT2D eigenvalue weighted by Crippen LogP contribution is 2.25. The lowest BCUT2D eigenvalue weighted by Crippen LogP contribution is -2.35. The van der Waals surface area contributed by atoms with Gasteiger partial charge in [-0.15, -0.1) is 0 Å². The largest absolute Gasteiger partial charge is 0.370 e. The standard InChI is InChI=1S/C14H16O2/c1-14(2)9-13(15)12(10-16-14)8-11-6-4-3-5-7-11/h3-8H,9-10H2,1-2H3. The number of rotatable bonds is 1. The molecular formula is C14H16O2. The fourth-order valence-electron chi connectivity index (χ4n) is 1.78. The van der Waals surface area contributed by atoms with Crippen LogP contribution in [-0.4, -0.2) is 18.0 Å². The van der Waals surface area contributed by atoms with Gasteiger partial charge >= 0.3 is 0 Å². The van der Waals surface area contributed by atoms with Crippen molar-refractivity contribution in [1.82, 2.24) is 0 Å². The SMILES string of the molecule is CC1(C)CC(=O)C(=Cc2ccccc2)CO1. The molecule has 0 amide bonds. The van der Waals surface area contributed by atoms with Gasteiger partial charge in [0.2, 0.25) is 0 Å². The predicted octanol–water partition coefficient (Wildman–Crippen LogP) is 2.84. The van der Waals surface area contributed by atoms with E-state index in [-0.39, 0.29) is 11.4 Å². The highest BCUT2D eigenvalue weighted by Gasteiger charge is 2.30. The van der Waals surface area contributed by atoms with Crippen LogP contribution in [0.15, 0.2) is 35.9 Å². The van der Waals surface area contributed by atoms with E-state index < -0.39 is 0 Å². The lowest BCUT2D eigenvalue weighted by atomic mass is 9.93. The molecule has 1 aromatic carbocycles. The van der Waals surface area contributed by atoms with Gasteiger partial charge in [0.1, 0.15) is 0 Å². The molecule has 1 saturated heterocycles. The Morgan fingerprint density at radius 3 is 2.56 bits per heavy atom. The van der Waals surface area contributed by atoms with Crippen molar-refractivity contribution in [3.8, 4) is 0 Å². The topological polar surface area (TPSA) is 26.3 Å². The van der Waals surface area contributed by atoms with E-state index in [4.69, 9.17) is 4.74 Å². The van der Waals surface area contributed by atoms with E-state index in [1.165, 1.54) is 0 Å². The van der Waals surface area contributed by atoms with Gasteiger partial charge in [-0.25, -0.2) is 0 Å². The molecule has 1 heterocycles. The van der Waals surface area contributed by atoms with Gasteiger partial charge in [-0.05, 0) is 25.5 Å². The number of carbonyl (C=O) groups excluding carboxylic acids is 1. The molecule has 2 heteroatoms. The van der Waals surface area contributed by atoms with Crippen LogP contribution in [0.3, 0.4) is 0 Å². The van der Waals surface area contributed by atoms with Crippen molar-refractivity contribution in [3.05, 3.63) is 41.5 Å². The number of ketones is 1. The van der Waals surface area contributed by atoms with Crippen molar-refractivity contribution < 1.29 is 9.53 Å². The third kappa shape index (κ3) is 2.58. The molecule has 84 valence electrons. The van der Waals surface area contributed by atoms with Gasteiger partial charge in [0, 0.05) is 12.0 Å². The Labute approximate surface area is 95.9 Å². The number of benzene rings is 1. The molecule has 1 aliphatic heterocycles. The van der Waals surface area contributed by atoms with Crippen LogP contribution in [0, 0.1) is 0 Å². The molecule has 0 bridgehead atoms. The summed E-state index contributed by atoms with van der Waals surface area (Å²) in [5.74, 6) is 0.195. The maximum absolute atomic E-state index is 11.9. The molecule has 0 spiro atoms. The molecule has 2 rings (SSSR count). The van der Waals surface area contributed by atoms with Crippen molar-refractivity contribution in [2.24, 2.45) is 0 Å². The van der Waals surface area contributed by atoms with Gasteiger partial charge < -0.3 is 4.74 Å². The molecule has 0 radical (unpaired) electrons. The number of ether oxygens (including phenoxy) is 1. The zero-order valence-corrected chi connectivity index (χ0v) is 9.69. The van der Waals surface area contributed by atoms with Crippen LogP contribution >= 0.6 is 0 Å². The molecule has 1 aliphatic rings. The summed E-state index contributed by atoms with van der Waals surface area (Å²) in [4.78, 5) is 11.9. The first-order valence-corrected chi connectivity index (χ1v) is 5.50. The number of hydrogen-bond acceptors (Lipinski definition) is 2. The second-order valence-electron chi connectivity index (χ2n) is 4.73. The minimum absolute atomic E-state index is 0.195. The highest BCUT2D eigenvalue weighted by atomic mass is 16.5. The van der Waals surface area contributed by atoms with Crippen molar-refractivity contribution in [3.63, 3.8) is 0 Å². The maximum atomic E-state index is 11.9.